The van der Waals surface area contributed by atoms with Crippen LogP contribution in [-0.2, 0) is 65.4 Å². The Balaban J connectivity index is 5.19. The fourth-order valence-electron chi connectivity index (χ4n) is 12.2. The SMILES string of the molecule is CCCCCCCCCCCCCCCCCCCCCC(=O)OC[C@H](COP(=O)(O)OC[C@@H](O)COP(=O)(O)OC[C@@H](COC(=O)CCCCCCCCC(C)C)OC(=O)CCCCCCCCCCCCC)OC(=O)CCCCCCCCCCCCCCCCCCCCC. The van der Waals surface area contributed by atoms with E-state index in [-0.39, 0.29) is 25.7 Å². The number of aliphatic hydroxyl groups is 1. The summed E-state index contributed by atoms with van der Waals surface area (Å²) in [6.07, 6.45) is 62.7. The molecule has 0 aliphatic heterocycles. The molecule has 0 amide bonds. The molecular weight excluding hydrogens is 1280 g/mol. The Hall–Kier alpha value is -1.94. The zero-order chi connectivity index (χ0) is 71.9. The van der Waals surface area contributed by atoms with Crippen molar-refractivity contribution in [2.45, 2.75) is 438 Å². The van der Waals surface area contributed by atoms with E-state index < -0.39 is 97.5 Å². The molecule has 0 aromatic rings. The number of unbranched alkanes of at least 4 members (excludes halogenated alkanes) is 51. The van der Waals surface area contributed by atoms with E-state index in [1.807, 2.05) is 0 Å². The number of phosphoric acid groups is 2. The lowest BCUT2D eigenvalue weighted by molar-refractivity contribution is -0.161. The highest BCUT2D eigenvalue weighted by atomic mass is 31.2. The zero-order valence-electron chi connectivity index (χ0n) is 63.9. The summed E-state index contributed by atoms with van der Waals surface area (Å²) in [5.74, 6) is -1.43. The number of esters is 4. The van der Waals surface area contributed by atoms with Gasteiger partial charge in [0, 0.05) is 25.7 Å². The van der Waals surface area contributed by atoms with Gasteiger partial charge < -0.3 is 33.8 Å². The molecule has 0 aliphatic carbocycles. The monoisotopic (exact) mass is 1440 g/mol. The van der Waals surface area contributed by atoms with Crippen molar-refractivity contribution in [3.63, 3.8) is 0 Å². The van der Waals surface area contributed by atoms with E-state index >= 15 is 0 Å². The topological polar surface area (TPSA) is 237 Å². The third-order valence-electron chi connectivity index (χ3n) is 18.5. The standard InChI is InChI=1S/C79H154O17P2/c1-6-9-12-15-18-21-24-26-28-30-32-34-36-38-41-43-46-52-57-62-76(81)89-68-74(95-79(84)65-60-55-48-45-42-39-37-35-33-31-29-27-25-22-19-16-13-10-7-2)70-93-97(85,86)91-66-73(80)67-92-98(87,88)94-71-75(69-90-77(82)63-58-53-50-49-51-56-61-72(4)5)96-78(83)64-59-54-47-44-40-23-20-17-14-11-8-3/h72-75,80H,6-71H2,1-5H3,(H,85,86)(H,87,88)/t73-,74-,75-/m1/s1. The number of hydrogen-bond acceptors (Lipinski definition) is 15. The van der Waals surface area contributed by atoms with Crippen LogP contribution in [0.25, 0.3) is 0 Å². The van der Waals surface area contributed by atoms with Crippen molar-refractivity contribution in [2.24, 2.45) is 5.92 Å². The molecule has 0 aromatic heterocycles. The van der Waals surface area contributed by atoms with Crippen LogP contribution in [0.15, 0.2) is 0 Å². The maximum atomic E-state index is 13.1. The number of carbonyl (C=O) groups is 4. The van der Waals surface area contributed by atoms with Gasteiger partial charge in [-0.3, -0.25) is 37.3 Å². The van der Waals surface area contributed by atoms with Gasteiger partial charge in [-0.15, -0.1) is 0 Å². The summed E-state index contributed by atoms with van der Waals surface area (Å²) >= 11 is 0. The van der Waals surface area contributed by atoms with Gasteiger partial charge in [0.15, 0.2) is 12.2 Å². The highest BCUT2D eigenvalue weighted by molar-refractivity contribution is 7.47. The van der Waals surface area contributed by atoms with Crippen molar-refractivity contribution >= 4 is 39.5 Å². The van der Waals surface area contributed by atoms with E-state index in [4.69, 9.17) is 37.0 Å². The summed E-state index contributed by atoms with van der Waals surface area (Å²) in [6.45, 7) is 7.22. The third-order valence-corrected chi connectivity index (χ3v) is 20.4. The lowest BCUT2D eigenvalue weighted by Crippen LogP contribution is -2.30. The molecule has 582 valence electrons. The maximum Gasteiger partial charge on any atom is 0.472 e. The van der Waals surface area contributed by atoms with Gasteiger partial charge in [0.1, 0.15) is 19.3 Å². The molecule has 0 saturated heterocycles. The molecule has 0 fully saturated rings. The molecule has 0 rings (SSSR count). The second-order valence-corrected chi connectivity index (χ2v) is 31.8. The minimum absolute atomic E-state index is 0.106. The minimum Gasteiger partial charge on any atom is -0.462 e. The molecule has 0 saturated carbocycles. The van der Waals surface area contributed by atoms with Crippen LogP contribution in [0.4, 0.5) is 0 Å². The molecule has 2 unspecified atom stereocenters. The van der Waals surface area contributed by atoms with E-state index in [9.17, 15) is 43.2 Å². The Morgan fingerprint density at radius 2 is 0.469 bits per heavy atom. The average molecular weight is 1440 g/mol. The first-order chi connectivity index (χ1) is 47.5. The average Bonchev–Trinajstić information content (AvgIpc) is 1.04. The van der Waals surface area contributed by atoms with Crippen molar-refractivity contribution < 1.29 is 80.2 Å². The number of hydrogen-bond donors (Lipinski definition) is 3. The molecule has 98 heavy (non-hydrogen) atoms. The maximum absolute atomic E-state index is 13.1. The quantitative estimate of drug-likeness (QED) is 0.0222. The van der Waals surface area contributed by atoms with Crippen LogP contribution < -0.4 is 0 Å². The first-order valence-corrected chi connectivity index (χ1v) is 44.1. The summed E-state index contributed by atoms with van der Waals surface area (Å²) < 4.78 is 68.6. The summed E-state index contributed by atoms with van der Waals surface area (Å²) in [7, 11) is -9.91. The Kier molecular flexibility index (Phi) is 70.6. The Labute approximate surface area is 600 Å². The van der Waals surface area contributed by atoms with Crippen LogP contribution in [0.5, 0.6) is 0 Å². The molecule has 3 N–H and O–H groups in total. The predicted molar refractivity (Wildman–Crippen MR) is 400 cm³/mol. The van der Waals surface area contributed by atoms with Crippen molar-refractivity contribution in [3.8, 4) is 0 Å². The fourth-order valence-corrected chi connectivity index (χ4v) is 13.8. The van der Waals surface area contributed by atoms with Crippen molar-refractivity contribution in [1.29, 1.82) is 0 Å². The molecular formula is C79H154O17P2. The molecule has 17 nitrogen and oxygen atoms in total. The summed E-state index contributed by atoms with van der Waals surface area (Å²) in [6, 6.07) is 0. The molecule has 0 radical (unpaired) electrons. The smallest absolute Gasteiger partial charge is 0.462 e. The van der Waals surface area contributed by atoms with Crippen molar-refractivity contribution in [2.75, 3.05) is 39.6 Å². The molecule has 19 heteroatoms. The minimum atomic E-state index is -4.96. The van der Waals surface area contributed by atoms with Crippen LogP contribution in [-0.4, -0.2) is 96.7 Å². The number of phosphoric ester groups is 2. The van der Waals surface area contributed by atoms with Crippen molar-refractivity contribution in [1.82, 2.24) is 0 Å². The van der Waals surface area contributed by atoms with E-state index in [0.717, 1.165) is 96.3 Å². The second kappa shape index (κ2) is 72.0. The molecule has 0 spiro atoms. The largest absolute Gasteiger partial charge is 0.472 e. The number of aliphatic hydroxyl groups excluding tert-OH is 1. The molecule has 0 aliphatic rings. The van der Waals surface area contributed by atoms with Gasteiger partial charge in [0.25, 0.3) is 0 Å². The number of carbonyl (C=O) groups excluding carboxylic acids is 4. The summed E-state index contributed by atoms with van der Waals surface area (Å²) in [5.41, 5.74) is 0. The van der Waals surface area contributed by atoms with E-state index in [1.54, 1.807) is 0 Å². The van der Waals surface area contributed by atoms with Crippen LogP contribution in [0.2, 0.25) is 0 Å². The Bertz CT molecular complexity index is 1870. The van der Waals surface area contributed by atoms with Gasteiger partial charge in [0.05, 0.1) is 26.4 Å². The highest BCUT2D eigenvalue weighted by Crippen LogP contribution is 2.45. The Morgan fingerprint density at radius 1 is 0.276 bits per heavy atom. The first kappa shape index (κ1) is 96.1. The number of rotatable bonds is 79. The van der Waals surface area contributed by atoms with Crippen LogP contribution >= 0.6 is 15.6 Å². The lowest BCUT2D eigenvalue weighted by Gasteiger charge is -2.21. The molecule has 0 bridgehead atoms. The lowest BCUT2D eigenvalue weighted by atomic mass is 10.0. The second-order valence-electron chi connectivity index (χ2n) is 28.9. The molecule has 5 atom stereocenters. The van der Waals surface area contributed by atoms with E-state index in [1.165, 1.54) is 238 Å². The van der Waals surface area contributed by atoms with Gasteiger partial charge in [-0.25, -0.2) is 9.13 Å². The first-order valence-electron chi connectivity index (χ1n) is 41.1. The molecule has 0 aromatic carbocycles. The molecule has 0 heterocycles. The zero-order valence-corrected chi connectivity index (χ0v) is 65.7. The van der Waals surface area contributed by atoms with Gasteiger partial charge >= 0.3 is 39.5 Å². The van der Waals surface area contributed by atoms with Crippen LogP contribution in [0, 0.1) is 5.92 Å². The van der Waals surface area contributed by atoms with Gasteiger partial charge in [0.2, 0.25) is 0 Å². The third kappa shape index (κ3) is 72.4. The van der Waals surface area contributed by atoms with E-state index in [2.05, 4.69) is 34.6 Å². The normalized spacial score (nSPS) is 13.9. The van der Waals surface area contributed by atoms with Crippen LogP contribution in [0.1, 0.15) is 420 Å². The summed E-state index contributed by atoms with van der Waals surface area (Å²) in [5, 5.41) is 10.6. The fraction of sp³-hybridized carbons (Fsp3) is 0.949. The van der Waals surface area contributed by atoms with Gasteiger partial charge in [-0.2, -0.15) is 0 Å². The van der Waals surface area contributed by atoms with Crippen molar-refractivity contribution in [3.05, 3.63) is 0 Å². The van der Waals surface area contributed by atoms with Crippen LogP contribution in [0.3, 0.4) is 0 Å². The van der Waals surface area contributed by atoms with E-state index in [0.29, 0.717) is 31.6 Å². The van der Waals surface area contributed by atoms with Gasteiger partial charge in [-0.05, 0) is 31.6 Å². The highest BCUT2D eigenvalue weighted by Gasteiger charge is 2.30. The number of ether oxygens (including phenoxy) is 4. The summed E-state index contributed by atoms with van der Waals surface area (Å²) in [4.78, 5) is 72.8. The predicted octanol–water partition coefficient (Wildman–Crippen LogP) is 23.6. The van der Waals surface area contributed by atoms with Gasteiger partial charge in [-0.1, -0.05) is 369 Å². The Morgan fingerprint density at radius 3 is 0.694 bits per heavy atom.